The molecule has 2 heterocycles. The van der Waals surface area contributed by atoms with Crippen LogP contribution in [-0.2, 0) is 10.0 Å². The molecule has 2 atom stereocenters. The predicted octanol–water partition coefficient (Wildman–Crippen LogP) is 0.806. The minimum Gasteiger partial charge on any atom is -0.316 e. The molecule has 0 aliphatic carbocycles. The van der Waals surface area contributed by atoms with Crippen molar-refractivity contribution in [3.05, 3.63) is 11.9 Å². The van der Waals surface area contributed by atoms with Crippen LogP contribution >= 0.6 is 12.4 Å². The van der Waals surface area contributed by atoms with Crippen LogP contribution < -0.4 is 10.0 Å². The molecule has 0 aromatic carbocycles. The zero-order valence-electron chi connectivity index (χ0n) is 11.1. The summed E-state index contributed by atoms with van der Waals surface area (Å²) in [6, 6.07) is -0.0721. The molecule has 110 valence electrons. The molecule has 0 saturated carbocycles. The number of hydrogen-bond acceptors (Lipinski definition) is 4. The van der Waals surface area contributed by atoms with Gasteiger partial charge in [-0.05, 0) is 45.7 Å². The van der Waals surface area contributed by atoms with Crippen molar-refractivity contribution in [2.45, 2.75) is 37.6 Å². The van der Waals surface area contributed by atoms with E-state index in [1.165, 1.54) is 6.20 Å². The molecule has 1 aromatic heterocycles. The van der Waals surface area contributed by atoms with E-state index in [1.807, 2.05) is 6.92 Å². The molecule has 8 heteroatoms. The highest BCUT2D eigenvalue weighted by molar-refractivity contribution is 7.89. The third kappa shape index (κ3) is 3.92. The SMILES string of the molecule is Cc1[nH]ncc1S(=O)(=O)NC(C)C1CCCNC1.Cl. The summed E-state index contributed by atoms with van der Waals surface area (Å²) in [5, 5.41) is 9.69. The maximum Gasteiger partial charge on any atom is 0.244 e. The van der Waals surface area contributed by atoms with E-state index in [9.17, 15) is 8.42 Å². The molecule has 2 rings (SSSR count). The first-order valence-electron chi connectivity index (χ1n) is 6.24. The minimum atomic E-state index is -3.47. The number of aromatic nitrogens is 2. The Hall–Kier alpha value is -0.630. The van der Waals surface area contributed by atoms with Crippen molar-refractivity contribution < 1.29 is 8.42 Å². The fraction of sp³-hybridized carbons (Fsp3) is 0.727. The van der Waals surface area contributed by atoms with Gasteiger partial charge in [-0.3, -0.25) is 5.10 Å². The molecule has 0 bridgehead atoms. The lowest BCUT2D eigenvalue weighted by molar-refractivity contribution is 0.320. The van der Waals surface area contributed by atoms with E-state index in [-0.39, 0.29) is 23.3 Å². The third-order valence-corrected chi connectivity index (χ3v) is 5.13. The molecule has 1 aliphatic heterocycles. The van der Waals surface area contributed by atoms with Crippen molar-refractivity contribution in [1.29, 1.82) is 0 Å². The Morgan fingerprint density at radius 1 is 1.53 bits per heavy atom. The quantitative estimate of drug-likeness (QED) is 0.768. The van der Waals surface area contributed by atoms with Gasteiger partial charge in [-0.1, -0.05) is 0 Å². The minimum absolute atomic E-state index is 0. The zero-order chi connectivity index (χ0) is 13.2. The van der Waals surface area contributed by atoms with Crippen molar-refractivity contribution in [3.63, 3.8) is 0 Å². The molecular weight excluding hydrogens is 288 g/mol. The van der Waals surface area contributed by atoms with Gasteiger partial charge in [-0.25, -0.2) is 13.1 Å². The van der Waals surface area contributed by atoms with Crippen molar-refractivity contribution in [2.24, 2.45) is 5.92 Å². The largest absolute Gasteiger partial charge is 0.316 e. The lowest BCUT2D eigenvalue weighted by Crippen LogP contribution is -2.44. The summed E-state index contributed by atoms with van der Waals surface area (Å²) in [6.07, 6.45) is 3.51. The maximum atomic E-state index is 12.2. The van der Waals surface area contributed by atoms with Crippen molar-refractivity contribution in [1.82, 2.24) is 20.2 Å². The molecule has 1 aliphatic rings. The number of sulfonamides is 1. The highest BCUT2D eigenvalue weighted by Crippen LogP contribution is 2.17. The van der Waals surface area contributed by atoms with Gasteiger partial charge in [0.1, 0.15) is 4.90 Å². The second-order valence-corrected chi connectivity index (χ2v) is 6.56. The Morgan fingerprint density at radius 3 is 2.79 bits per heavy atom. The molecule has 19 heavy (non-hydrogen) atoms. The number of piperidine rings is 1. The van der Waals surface area contributed by atoms with Crippen LogP contribution in [0.5, 0.6) is 0 Å². The number of H-pyrrole nitrogens is 1. The first-order valence-corrected chi connectivity index (χ1v) is 7.72. The van der Waals surface area contributed by atoms with Gasteiger partial charge in [0.15, 0.2) is 0 Å². The molecule has 0 amide bonds. The number of hydrogen-bond donors (Lipinski definition) is 3. The average Bonchev–Trinajstić information content (AvgIpc) is 2.77. The smallest absolute Gasteiger partial charge is 0.244 e. The van der Waals surface area contributed by atoms with Crippen molar-refractivity contribution >= 4 is 22.4 Å². The molecule has 0 radical (unpaired) electrons. The molecule has 1 saturated heterocycles. The Bertz CT molecular complexity index is 497. The highest BCUT2D eigenvalue weighted by Gasteiger charge is 2.26. The van der Waals surface area contributed by atoms with Gasteiger partial charge in [-0.15, -0.1) is 12.4 Å². The molecule has 0 spiro atoms. The summed E-state index contributed by atoms with van der Waals surface area (Å²) in [7, 11) is -3.47. The zero-order valence-corrected chi connectivity index (χ0v) is 12.8. The van der Waals surface area contributed by atoms with Crippen molar-refractivity contribution in [2.75, 3.05) is 13.1 Å². The van der Waals surface area contributed by atoms with E-state index in [0.29, 0.717) is 11.6 Å². The number of halogens is 1. The number of nitrogens with zero attached hydrogens (tertiary/aromatic N) is 1. The maximum absolute atomic E-state index is 12.2. The van der Waals surface area contributed by atoms with Crippen LogP contribution in [0.4, 0.5) is 0 Å². The fourth-order valence-electron chi connectivity index (χ4n) is 2.32. The number of nitrogens with one attached hydrogen (secondary N) is 3. The van der Waals surface area contributed by atoms with Crippen LogP contribution in [-0.4, -0.2) is 37.7 Å². The molecule has 3 N–H and O–H groups in total. The van der Waals surface area contributed by atoms with Crippen LogP contribution in [0.1, 0.15) is 25.5 Å². The van der Waals surface area contributed by atoms with E-state index in [0.717, 1.165) is 25.9 Å². The standard InChI is InChI=1S/C11H20N4O2S.ClH/c1-8(10-4-3-5-12-6-10)15-18(16,17)11-7-13-14-9(11)2;/h7-8,10,12,15H,3-6H2,1-2H3,(H,13,14);1H. The van der Waals surface area contributed by atoms with Crippen molar-refractivity contribution in [3.8, 4) is 0 Å². The summed E-state index contributed by atoms with van der Waals surface area (Å²) >= 11 is 0. The normalized spacial score (nSPS) is 21.7. The van der Waals surface area contributed by atoms with E-state index >= 15 is 0 Å². The van der Waals surface area contributed by atoms with Gasteiger partial charge < -0.3 is 5.32 Å². The van der Waals surface area contributed by atoms with E-state index in [4.69, 9.17) is 0 Å². The Morgan fingerprint density at radius 2 is 2.26 bits per heavy atom. The number of aromatic amines is 1. The lowest BCUT2D eigenvalue weighted by Gasteiger charge is -2.28. The summed E-state index contributed by atoms with van der Waals surface area (Å²) in [6.45, 7) is 5.52. The third-order valence-electron chi connectivity index (χ3n) is 3.46. The van der Waals surface area contributed by atoms with Crippen LogP contribution in [0.3, 0.4) is 0 Å². The van der Waals surface area contributed by atoms with E-state index in [1.54, 1.807) is 6.92 Å². The second-order valence-electron chi connectivity index (χ2n) is 4.88. The Kier molecular flexibility index (Phi) is 5.79. The molecule has 6 nitrogen and oxygen atoms in total. The van der Waals surface area contributed by atoms with Crippen LogP contribution in [0.15, 0.2) is 11.1 Å². The monoisotopic (exact) mass is 308 g/mol. The average molecular weight is 309 g/mol. The van der Waals surface area contributed by atoms with Gasteiger partial charge >= 0.3 is 0 Å². The van der Waals surface area contributed by atoms with Crippen LogP contribution in [0, 0.1) is 12.8 Å². The number of aryl methyl sites for hydroxylation is 1. The van der Waals surface area contributed by atoms with Gasteiger partial charge in [0.25, 0.3) is 0 Å². The Balaban J connectivity index is 0.00000180. The molecule has 1 aromatic rings. The first kappa shape index (κ1) is 16.4. The molecule has 1 fully saturated rings. The van der Waals surface area contributed by atoms with E-state index in [2.05, 4.69) is 20.2 Å². The fourth-order valence-corrected chi connectivity index (χ4v) is 3.77. The predicted molar refractivity (Wildman–Crippen MR) is 75.9 cm³/mol. The van der Waals surface area contributed by atoms with Gasteiger partial charge in [-0.2, -0.15) is 5.10 Å². The number of rotatable bonds is 4. The summed E-state index contributed by atoms with van der Waals surface area (Å²) in [4.78, 5) is 0.234. The Labute approximate surface area is 120 Å². The first-order chi connectivity index (χ1) is 8.50. The lowest BCUT2D eigenvalue weighted by atomic mass is 9.94. The summed E-state index contributed by atoms with van der Waals surface area (Å²) in [5.41, 5.74) is 0.566. The van der Waals surface area contributed by atoms with Gasteiger partial charge in [0.2, 0.25) is 10.0 Å². The van der Waals surface area contributed by atoms with Crippen LogP contribution in [0.2, 0.25) is 0 Å². The van der Waals surface area contributed by atoms with Gasteiger partial charge in [0, 0.05) is 6.04 Å². The van der Waals surface area contributed by atoms with E-state index < -0.39 is 10.0 Å². The molecular formula is C11H21ClN4O2S. The summed E-state index contributed by atoms with van der Waals surface area (Å²) in [5.74, 6) is 0.348. The summed E-state index contributed by atoms with van der Waals surface area (Å²) < 4.78 is 27.1. The second kappa shape index (κ2) is 6.69. The molecule has 2 unspecified atom stereocenters. The topological polar surface area (TPSA) is 86.9 Å². The van der Waals surface area contributed by atoms with Gasteiger partial charge in [0.05, 0.1) is 11.9 Å². The van der Waals surface area contributed by atoms with Crippen LogP contribution in [0.25, 0.3) is 0 Å². The highest BCUT2D eigenvalue weighted by atomic mass is 35.5.